The summed E-state index contributed by atoms with van der Waals surface area (Å²) in [5.74, 6) is 0.711. The fraction of sp³-hybridized carbons (Fsp3) is 0.647. The van der Waals surface area contributed by atoms with E-state index in [0.29, 0.717) is 43.4 Å². The van der Waals surface area contributed by atoms with Gasteiger partial charge in [0.05, 0.1) is 9.80 Å². The summed E-state index contributed by atoms with van der Waals surface area (Å²) in [7, 11) is 0. The van der Waals surface area contributed by atoms with Crippen LogP contribution in [0.25, 0.3) is 0 Å². The van der Waals surface area contributed by atoms with Gasteiger partial charge < -0.3 is 9.80 Å². The van der Waals surface area contributed by atoms with Gasteiger partial charge in [0.2, 0.25) is 5.91 Å². The third-order valence-electron chi connectivity index (χ3n) is 5.14. The first-order chi connectivity index (χ1) is 12.0. The van der Waals surface area contributed by atoms with Gasteiger partial charge in [0.25, 0.3) is 5.91 Å². The molecule has 25 heavy (non-hydrogen) atoms. The molecule has 136 valence electrons. The lowest BCUT2D eigenvalue weighted by atomic mass is 10.0. The molecule has 0 bridgehead atoms. The monoisotopic (exact) mass is 365 g/mol. The molecule has 2 fully saturated rings. The van der Waals surface area contributed by atoms with Gasteiger partial charge in [0, 0.05) is 38.7 Å². The maximum atomic E-state index is 12.4. The van der Waals surface area contributed by atoms with E-state index in [-0.39, 0.29) is 16.8 Å². The molecule has 1 aromatic heterocycles. The third-order valence-corrected chi connectivity index (χ3v) is 6.17. The molecule has 0 radical (unpaired) electrons. The molecule has 2 heterocycles. The summed E-state index contributed by atoms with van der Waals surface area (Å²) in [6.45, 7) is 2.06. The first-order valence-electron chi connectivity index (χ1n) is 8.86. The smallest absolute Gasteiger partial charge is 0.324 e. The van der Waals surface area contributed by atoms with Gasteiger partial charge in [-0.2, -0.15) is 0 Å². The largest absolute Gasteiger partial charge is 0.339 e. The minimum absolute atomic E-state index is 0.0240. The van der Waals surface area contributed by atoms with E-state index in [4.69, 9.17) is 0 Å². The number of piperazine rings is 1. The molecule has 2 amide bonds. The Morgan fingerprint density at radius 1 is 1.12 bits per heavy atom. The van der Waals surface area contributed by atoms with Gasteiger partial charge in [-0.15, -0.1) is 0 Å². The van der Waals surface area contributed by atoms with E-state index in [1.807, 2.05) is 4.90 Å². The molecule has 1 aliphatic heterocycles. The van der Waals surface area contributed by atoms with Crippen molar-refractivity contribution in [3.63, 3.8) is 0 Å². The normalized spacial score (nSPS) is 18.6. The number of rotatable bonds is 5. The summed E-state index contributed by atoms with van der Waals surface area (Å²) in [5, 5.41) is 10.7. The Morgan fingerprint density at radius 3 is 2.36 bits per heavy atom. The van der Waals surface area contributed by atoms with Crippen molar-refractivity contribution < 1.29 is 14.5 Å². The molecule has 1 aliphatic carbocycles. The first-order valence-corrected chi connectivity index (χ1v) is 9.67. The quantitative estimate of drug-likeness (QED) is 0.593. The van der Waals surface area contributed by atoms with Crippen LogP contribution >= 0.6 is 11.3 Å². The Kier molecular flexibility index (Phi) is 5.67. The van der Waals surface area contributed by atoms with E-state index in [1.165, 1.54) is 37.8 Å². The highest BCUT2D eigenvalue weighted by Gasteiger charge is 2.27. The number of carbonyl (C=O) groups excluding carboxylic acids is 2. The highest BCUT2D eigenvalue weighted by Crippen LogP contribution is 2.29. The molecule has 2 aliphatic rings. The molecule has 0 spiro atoms. The topological polar surface area (TPSA) is 83.8 Å². The van der Waals surface area contributed by atoms with Gasteiger partial charge >= 0.3 is 5.00 Å². The minimum atomic E-state index is -0.484. The van der Waals surface area contributed by atoms with Gasteiger partial charge in [-0.05, 0) is 18.4 Å². The van der Waals surface area contributed by atoms with Crippen LogP contribution in [-0.4, -0.2) is 52.7 Å². The van der Waals surface area contributed by atoms with E-state index in [1.54, 1.807) is 4.90 Å². The summed E-state index contributed by atoms with van der Waals surface area (Å²) >= 11 is 0.901. The Hall–Kier alpha value is -1.96. The summed E-state index contributed by atoms with van der Waals surface area (Å²) in [4.78, 5) is 38.9. The molecule has 1 aromatic rings. The van der Waals surface area contributed by atoms with Crippen LogP contribution in [0.5, 0.6) is 0 Å². The number of carbonyl (C=O) groups is 2. The van der Waals surface area contributed by atoms with Crippen LogP contribution in [0.2, 0.25) is 0 Å². The van der Waals surface area contributed by atoms with E-state index in [9.17, 15) is 19.7 Å². The van der Waals surface area contributed by atoms with Gasteiger partial charge in [-0.25, -0.2) is 0 Å². The Balaban J connectivity index is 1.46. The van der Waals surface area contributed by atoms with Crippen molar-refractivity contribution >= 4 is 28.2 Å². The average Bonchev–Trinajstić information content (AvgIpc) is 3.30. The minimum Gasteiger partial charge on any atom is -0.339 e. The van der Waals surface area contributed by atoms with Crippen molar-refractivity contribution in [2.45, 2.75) is 38.5 Å². The Labute approximate surface area is 150 Å². The fourth-order valence-corrected chi connectivity index (χ4v) is 4.43. The fourth-order valence-electron chi connectivity index (χ4n) is 3.64. The summed E-state index contributed by atoms with van der Waals surface area (Å²) in [5.41, 5.74) is 0. The molecule has 0 aromatic carbocycles. The second-order valence-electron chi connectivity index (χ2n) is 6.76. The van der Waals surface area contributed by atoms with Gasteiger partial charge in [0.1, 0.15) is 0 Å². The molecular weight excluding hydrogens is 342 g/mol. The second kappa shape index (κ2) is 7.95. The number of amides is 2. The zero-order valence-electron chi connectivity index (χ0n) is 14.2. The van der Waals surface area contributed by atoms with Gasteiger partial charge in [-0.3, -0.25) is 19.7 Å². The lowest BCUT2D eigenvalue weighted by molar-refractivity contribution is -0.380. The van der Waals surface area contributed by atoms with E-state index in [2.05, 4.69) is 0 Å². The number of nitro groups is 1. The van der Waals surface area contributed by atoms with Crippen molar-refractivity contribution in [3.8, 4) is 0 Å². The lowest BCUT2D eigenvalue weighted by Crippen LogP contribution is -2.50. The van der Waals surface area contributed by atoms with Crippen molar-refractivity contribution in [2.75, 3.05) is 26.2 Å². The lowest BCUT2D eigenvalue weighted by Gasteiger charge is -2.34. The third kappa shape index (κ3) is 4.36. The SMILES string of the molecule is O=C(CCC1CCCC1)N1CCN(C(=O)c2ccc([N+](=O)[O-])s2)CC1. The van der Waals surface area contributed by atoms with E-state index < -0.39 is 4.92 Å². The van der Waals surface area contributed by atoms with Crippen molar-refractivity contribution in [3.05, 3.63) is 27.1 Å². The maximum absolute atomic E-state index is 12.4. The van der Waals surface area contributed by atoms with Crippen molar-refractivity contribution in [1.82, 2.24) is 9.80 Å². The average molecular weight is 365 g/mol. The van der Waals surface area contributed by atoms with Crippen LogP contribution in [0.4, 0.5) is 5.00 Å². The maximum Gasteiger partial charge on any atom is 0.324 e. The summed E-state index contributed by atoms with van der Waals surface area (Å²) in [6.07, 6.45) is 6.68. The molecular formula is C17H23N3O4S. The van der Waals surface area contributed by atoms with Crippen LogP contribution in [0.1, 0.15) is 48.2 Å². The standard InChI is InChI=1S/C17H23N3O4S/c21-15(7-5-13-3-1-2-4-13)18-9-11-19(12-10-18)17(22)14-6-8-16(25-14)20(23)24/h6,8,13H,1-5,7,9-12H2. The van der Waals surface area contributed by atoms with Crippen molar-refractivity contribution in [1.29, 1.82) is 0 Å². The molecule has 8 heteroatoms. The molecule has 0 unspecified atom stereocenters. The molecule has 0 atom stereocenters. The zero-order chi connectivity index (χ0) is 17.8. The predicted molar refractivity (Wildman–Crippen MR) is 94.6 cm³/mol. The molecule has 7 nitrogen and oxygen atoms in total. The van der Waals surface area contributed by atoms with Crippen LogP contribution in [0.15, 0.2) is 12.1 Å². The van der Waals surface area contributed by atoms with E-state index in [0.717, 1.165) is 17.8 Å². The summed E-state index contributed by atoms with van der Waals surface area (Å²) < 4.78 is 0. The molecule has 1 saturated carbocycles. The summed E-state index contributed by atoms with van der Waals surface area (Å²) in [6, 6.07) is 2.87. The number of hydrogen-bond donors (Lipinski definition) is 0. The molecule has 0 N–H and O–H groups in total. The second-order valence-corrected chi connectivity index (χ2v) is 7.82. The van der Waals surface area contributed by atoms with Crippen LogP contribution in [0, 0.1) is 16.0 Å². The molecule has 1 saturated heterocycles. The van der Waals surface area contributed by atoms with Crippen LogP contribution in [-0.2, 0) is 4.79 Å². The highest BCUT2D eigenvalue weighted by atomic mass is 32.1. The van der Waals surface area contributed by atoms with Crippen LogP contribution < -0.4 is 0 Å². The van der Waals surface area contributed by atoms with E-state index >= 15 is 0 Å². The first kappa shape index (κ1) is 17.8. The Morgan fingerprint density at radius 2 is 1.76 bits per heavy atom. The zero-order valence-corrected chi connectivity index (χ0v) is 15.0. The van der Waals surface area contributed by atoms with Crippen LogP contribution in [0.3, 0.4) is 0 Å². The van der Waals surface area contributed by atoms with Gasteiger partial charge in [-0.1, -0.05) is 37.0 Å². The highest BCUT2D eigenvalue weighted by molar-refractivity contribution is 7.17. The van der Waals surface area contributed by atoms with Gasteiger partial charge in [0.15, 0.2) is 0 Å². The van der Waals surface area contributed by atoms with Crippen molar-refractivity contribution in [2.24, 2.45) is 5.92 Å². The number of thiophene rings is 1. The molecule has 3 rings (SSSR count). The Bertz CT molecular complexity index is 646. The number of hydrogen-bond acceptors (Lipinski definition) is 5. The predicted octanol–water partition coefficient (Wildman–Crippen LogP) is 2.91. The number of nitrogens with zero attached hydrogens (tertiary/aromatic N) is 3.